The van der Waals surface area contributed by atoms with Crippen molar-refractivity contribution in [3.8, 4) is 11.3 Å². The molecule has 0 saturated heterocycles. The molecular formula is C23H19FN4OS2. The lowest BCUT2D eigenvalue weighted by molar-refractivity contribution is -0.116. The first-order valence-electron chi connectivity index (χ1n) is 10.0. The van der Waals surface area contributed by atoms with E-state index in [1.54, 1.807) is 12.1 Å². The van der Waals surface area contributed by atoms with Gasteiger partial charge in [0.05, 0.1) is 15.5 Å². The number of thioether (sulfide) groups is 1. The van der Waals surface area contributed by atoms with E-state index in [1.807, 2.05) is 30.0 Å². The van der Waals surface area contributed by atoms with Crippen LogP contribution in [0.25, 0.3) is 21.5 Å². The van der Waals surface area contributed by atoms with Gasteiger partial charge < -0.3 is 4.90 Å². The Labute approximate surface area is 187 Å². The Morgan fingerprint density at radius 1 is 1.16 bits per heavy atom. The summed E-state index contributed by atoms with van der Waals surface area (Å²) in [6.45, 7) is 2.67. The van der Waals surface area contributed by atoms with Gasteiger partial charge in [0.1, 0.15) is 22.1 Å². The van der Waals surface area contributed by atoms with Crippen molar-refractivity contribution in [1.82, 2.24) is 15.2 Å². The van der Waals surface area contributed by atoms with Gasteiger partial charge in [-0.2, -0.15) is 0 Å². The number of nitrogens with zero attached hydrogens (tertiary/aromatic N) is 4. The maximum absolute atomic E-state index is 13.3. The fraction of sp³-hybridized carbons (Fsp3) is 0.217. The van der Waals surface area contributed by atoms with Gasteiger partial charge in [-0.05, 0) is 55.7 Å². The molecule has 1 amide bonds. The minimum atomic E-state index is -0.293. The number of amides is 1. The zero-order valence-corrected chi connectivity index (χ0v) is 18.5. The van der Waals surface area contributed by atoms with E-state index in [-0.39, 0.29) is 17.5 Å². The summed E-state index contributed by atoms with van der Waals surface area (Å²) in [5.74, 6) is 0.0324. The van der Waals surface area contributed by atoms with E-state index in [0.717, 1.165) is 45.9 Å². The molecule has 0 saturated carbocycles. The third-order valence-electron chi connectivity index (χ3n) is 5.25. The molecule has 31 heavy (non-hydrogen) atoms. The number of para-hydroxylation sites is 1. The molecule has 0 spiro atoms. The highest BCUT2D eigenvalue weighted by atomic mass is 32.2. The van der Waals surface area contributed by atoms with E-state index in [1.165, 1.54) is 40.8 Å². The molecule has 0 fully saturated rings. The van der Waals surface area contributed by atoms with Gasteiger partial charge in [-0.1, -0.05) is 30.0 Å². The number of hydrogen-bond donors (Lipinski definition) is 0. The number of fused-ring (bicyclic) bond motifs is 2. The normalized spacial score (nSPS) is 13.4. The molecule has 0 unspecified atom stereocenters. The van der Waals surface area contributed by atoms with Crippen LogP contribution in [-0.4, -0.2) is 33.4 Å². The number of carbonyl (C=O) groups is 1. The molecule has 5 rings (SSSR count). The van der Waals surface area contributed by atoms with Crippen LogP contribution in [0.5, 0.6) is 0 Å². The Morgan fingerprint density at radius 3 is 2.81 bits per heavy atom. The molecular weight excluding hydrogens is 431 g/mol. The molecule has 2 aromatic heterocycles. The minimum absolute atomic E-state index is 0.0571. The summed E-state index contributed by atoms with van der Waals surface area (Å²) in [5.41, 5.74) is 4.44. The summed E-state index contributed by atoms with van der Waals surface area (Å²) < 4.78 is 14.2. The molecule has 0 bridgehead atoms. The fourth-order valence-electron chi connectivity index (χ4n) is 3.82. The number of carbonyl (C=O) groups excluding carboxylic acids is 1. The quantitative estimate of drug-likeness (QED) is 0.396. The van der Waals surface area contributed by atoms with Crippen molar-refractivity contribution in [2.24, 2.45) is 0 Å². The molecule has 3 heterocycles. The molecule has 0 aliphatic carbocycles. The van der Waals surface area contributed by atoms with Gasteiger partial charge in [-0.25, -0.2) is 9.37 Å². The van der Waals surface area contributed by atoms with Crippen molar-refractivity contribution in [3.05, 3.63) is 64.9 Å². The Kier molecular flexibility index (Phi) is 5.41. The van der Waals surface area contributed by atoms with E-state index in [9.17, 15) is 9.18 Å². The van der Waals surface area contributed by atoms with Crippen LogP contribution in [-0.2, 0) is 11.2 Å². The molecule has 1 aliphatic heterocycles. The number of benzene rings is 2. The van der Waals surface area contributed by atoms with Crippen molar-refractivity contribution in [3.63, 3.8) is 0 Å². The molecule has 0 N–H and O–H groups in total. The maximum atomic E-state index is 13.3. The smallest absolute Gasteiger partial charge is 0.237 e. The molecule has 0 atom stereocenters. The van der Waals surface area contributed by atoms with Crippen LogP contribution in [0.15, 0.2) is 53.6 Å². The van der Waals surface area contributed by atoms with Crippen LogP contribution < -0.4 is 4.90 Å². The zero-order chi connectivity index (χ0) is 21.4. The number of anilines is 1. The molecule has 4 aromatic rings. The van der Waals surface area contributed by atoms with Gasteiger partial charge in [0.2, 0.25) is 5.91 Å². The number of aryl methyl sites for hydroxylation is 2. The fourth-order valence-corrected chi connectivity index (χ4v) is 5.61. The first-order valence-corrected chi connectivity index (χ1v) is 11.8. The van der Waals surface area contributed by atoms with E-state index in [4.69, 9.17) is 0 Å². The van der Waals surface area contributed by atoms with Gasteiger partial charge in [0.15, 0.2) is 0 Å². The lowest BCUT2D eigenvalue weighted by atomic mass is 10.0. The Bertz CT molecular complexity index is 1270. The predicted octanol–water partition coefficient (Wildman–Crippen LogP) is 5.27. The summed E-state index contributed by atoms with van der Waals surface area (Å²) in [4.78, 5) is 19.5. The zero-order valence-electron chi connectivity index (χ0n) is 16.8. The summed E-state index contributed by atoms with van der Waals surface area (Å²) >= 11 is 2.89. The van der Waals surface area contributed by atoms with E-state index >= 15 is 0 Å². The summed E-state index contributed by atoms with van der Waals surface area (Å²) in [5, 5.41) is 10.3. The number of aromatic nitrogens is 3. The molecule has 1 aliphatic rings. The van der Waals surface area contributed by atoms with Crippen molar-refractivity contribution >= 4 is 44.9 Å². The van der Waals surface area contributed by atoms with Crippen LogP contribution in [0, 0.1) is 12.7 Å². The van der Waals surface area contributed by atoms with Crippen LogP contribution in [0.3, 0.4) is 0 Å². The Morgan fingerprint density at radius 2 is 1.97 bits per heavy atom. The van der Waals surface area contributed by atoms with Gasteiger partial charge >= 0.3 is 0 Å². The highest BCUT2D eigenvalue weighted by Gasteiger charge is 2.23. The Hall–Kier alpha value is -2.84. The molecule has 2 aromatic carbocycles. The highest BCUT2D eigenvalue weighted by Crippen LogP contribution is 2.36. The SMILES string of the molecule is Cc1nc2c(SCC(=O)N3CCCc4ccccc43)nnc(-c3ccc(F)cc3)c2s1. The minimum Gasteiger partial charge on any atom is -0.311 e. The second-order valence-electron chi connectivity index (χ2n) is 7.34. The second kappa shape index (κ2) is 8.36. The monoisotopic (exact) mass is 450 g/mol. The van der Waals surface area contributed by atoms with Gasteiger partial charge in [-0.15, -0.1) is 21.5 Å². The van der Waals surface area contributed by atoms with Crippen molar-refractivity contribution < 1.29 is 9.18 Å². The molecule has 0 radical (unpaired) electrons. The topological polar surface area (TPSA) is 59.0 Å². The van der Waals surface area contributed by atoms with Crippen molar-refractivity contribution in [2.75, 3.05) is 17.2 Å². The number of thiazole rings is 1. The van der Waals surface area contributed by atoms with E-state index in [0.29, 0.717) is 10.7 Å². The van der Waals surface area contributed by atoms with Gasteiger partial charge in [0.25, 0.3) is 0 Å². The van der Waals surface area contributed by atoms with Crippen LogP contribution in [0.4, 0.5) is 10.1 Å². The number of halogens is 1. The van der Waals surface area contributed by atoms with Gasteiger partial charge in [0, 0.05) is 17.8 Å². The van der Waals surface area contributed by atoms with Crippen molar-refractivity contribution in [1.29, 1.82) is 0 Å². The van der Waals surface area contributed by atoms with Gasteiger partial charge in [-0.3, -0.25) is 4.79 Å². The van der Waals surface area contributed by atoms with E-state index in [2.05, 4.69) is 21.2 Å². The number of rotatable bonds is 4. The first kappa shape index (κ1) is 20.1. The largest absolute Gasteiger partial charge is 0.311 e. The summed E-state index contributed by atoms with van der Waals surface area (Å²) in [7, 11) is 0. The summed E-state index contributed by atoms with van der Waals surface area (Å²) in [6, 6.07) is 14.3. The second-order valence-corrected chi connectivity index (χ2v) is 9.50. The van der Waals surface area contributed by atoms with Crippen molar-refractivity contribution in [2.45, 2.75) is 24.8 Å². The van der Waals surface area contributed by atoms with E-state index < -0.39 is 0 Å². The molecule has 8 heteroatoms. The predicted molar refractivity (Wildman–Crippen MR) is 123 cm³/mol. The number of hydrogen-bond acceptors (Lipinski definition) is 6. The third-order valence-corrected chi connectivity index (χ3v) is 7.17. The average Bonchev–Trinajstić information content (AvgIpc) is 3.19. The molecule has 5 nitrogen and oxygen atoms in total. The van der Waals surface area contributed by atoms with Crippen LogP contribution in [0.1, 0.15) is 17.0 Å². The first-order chi connectivity index (χ1) is 15.1. The van der Waals surface area contributed by atoms with Crippen LogP contribution in [0.2, 0.25) is 0 Å². The Balaban J connectivity index is 1.41. The average molecular weight is 451 g/mol. The molecule has 156 valence electrons. The summed E-state index contributed by atoms with van der Waals surface area (Å²) in [6.07, 6.45) is 1.97. The lowest BCUT2D eigenvalue weighted by Crippen LogP contribution is -2.36. The third kappa shape index (κ3) is 3.93. The maximum Gasteiger partial charge on any atom is 0.237 e. The van der Waals surface area contributed by atoms with Crippen LogP contribution >= 0.6 is 23.1 Å². The lowest BCUT2D eigenvalue weighted by Gasteiger charge is -2.29. The highest BCUT2D eigenvalue weighted by molar-refractivity contribution is 8.00. The standard InChI is InChI=1S/C23H19FN4OS2/c1-14-25-21-22(31-14)20(16-8-10-17(24)11-9-16)26-27-23(21)30-13-19(29)28-12-4-6-15-5-2-3-7-18(15)28/h2-3,5,7-11H,4,6,12-13H2,1H3.